The molecule has 2 heterocycles. The zero-order valence-corrected chi connectivity index (χ0v) is 13.5. The Kier molecular flexibility index (Phi) is 4.27. The topological polar surface area (TPSA) is 67.2 Å². The molecule has 1 atom stereocenters. The Hall–Kier alpha value is -2.44. The highest BCUT2D eigenvalue weighted by Gasteiger charge is 2.24. The highest BCUT2D eigenvalue weighted by atomic mass is 32.1. The molecule has 2 N–H and O–H groups in total. The van der Waals surface area contributed by atoms with E-state index in [9.17, 15) is 9.90 Å². The number of carbonyl (C=O) groups excluding carboxylic acids is 1. The van der Waals surface area contributed by atoms with Gasteiger partial charge in [-0.1, -0.05) is 6.07 Å². The van der Waals surface area contributed by atoms with Crippen LogP contribution in [0.15, 0.2) is 59.8 Å². The van der Waals surface area contributed by atoms with Crippen molar-refractivity contribution in [2.45, 2.75) is 12.5 Å². The lowest BCUT2D eigenvalue weighted by Gasteiger charge is -2.22. The van der Waals surface area contributed by atoms with Crippen LogP contribution in [0.25, 0.3) is 5.69 Å². The van der Waals surface area contributed by atoms with E-state index in [1.165, 1.54) is 11.3 Å². The van der Waals surface area contributed by atoms with Gasteiger partial charge in [0.25, 0.3) is 5.91 Å². The van der Waals surface area contributed by atoms with Gasteiger partial charge in [-0.25, -0.2) is 4.98 Å². The molecule has 6 heteroatoms. The zero-order valence-electron chi connectivity index (χ0n) is 12.6. The maximum absolute atomic E-state index is 12.3. The average molecular weight is 327 g/mol. The standard InChI is InChI=1S/C17H17N3O2S/c1-17(22,14-5-8-23-10-14)11-19-16(21)13-3-2-4-15(9-13)20-7-6-18-12-20/h2-10,12,22H,11H2,1H3,(H,19,21). The fraction of sp³-hybridized carbons (Fsp3) is 0.176. The number of amides is 1. The molecule has 0 aliphatic carbocycles. The van der Waals surface area contributed by atoms with Crippen molar-refractivity contribution in [1.29, 1.82) is 0 Å². The molecule has 3 aromatic rings. The molecule has 5 nitrogen and oxygen atoms in total. The Morgan fingerprint density at radius 2 is 2.30 bits per heavy atom. The second-order valence-electron chi connectivity index (χ2n) is 5.49. The first kappa shape index (κ1) is 15.5. The molecule has 0 bridgehead atoms. The quantitative estimate of drug-likeness (QED) is 0.757. The predicted molar refractivity (Wildman–Crippen MR) is 89.8 cm³/mol. The normalized spacial score (nSPS) is 13.5. The molecular weight excluding hydrogens is 310 g/mol. The number of imidazole rings is 1. The van der Waals surface area contributed by atoms with Crippen LogP contribution in [0.4, 0.5) is 0 Å². The molecule has 0 aliphatic heterocycles. The largest absolute Gasteiger partial charge is 0.384 e. The maximum Gasteiger partial charge on any atom is 0.251 e. The van der Waals surface area contributed by atoms with Crippen LogP contribution in [-0.2, 0) is 5.60 Å². The number of nitrogens with one attached hydrogen (secondary N) is 1. The van der Waals surface area contributed by atoms with Crippen LogP contribution in [0.2, 0.25) is 0 Å². The zero-order chi connectivity index (χ0) is 16.3. The van der Waals surface area contributed by atoms with Crippen molar-refractivity contribution >= 4 is 17.2 Å². The van der Waals surface area contributed by atoms with Crippen molar-refractivity contribution < 1.29 is 9.90 Å². The summed E-state index contributed by atoms with van der Waals surface area (Å²) in [6.07, 6.45) is 5.18. The van der Waals surface area contributed by atoms with Gasteiger partial charge in [-0.15, -0.1) is 0 Å². The molecule has 0 saturated carbocycles. The van der Waals surface area contributed by atoms with Crippen molar-refractivity contribution in [3.8, 4) is 5.69 Å². The molecule has 1 aromatic carbocycles. The third-order valence-electron chi connectivity index (χ3n) is 3.65. The minimum Gasteiger partial charge on any atom is -0.384 e. The van der Waals surface area contributed by atoms with E-state index in [4.69, 9.17) is 0 Å². The molecule has 1 amide bonds. The Balaban J connectivity index is 1.70. The summed E-state index contributed by atoms with van der Waals surface area (Å²) in [5, 5.41) is 17.0. The van der Waals surface area contributed by atoms with E-state index in [0.29, 0.717) is 5.56 Å². The summed E-state index contributed by atoms with van der Waals surface area (Å²) in [7, 11) is 0. The summed E-state index contributed by atoms with van der Waals surface area (Å²) in [6, 6.07) is 9.11. The number of hydrogen-bond acceptors (Lipinski definition) is 4. The van der Waals surface area contributed by atoms with Crippen LogP contribution in [-0.4, -0.2) is 27.1 Å². The van der Waals surface area contributed by atoms with E-state index in [0.717, 1.165) is 11.3 Å². The third kappa shape index (κ3) is 3.49. The first-order chi connectivity index (χ1) is 11.1. The summed E-state index contributed by atoms with van der Waals surface area (Å²) in [5.74, 6) is -0.220. The van der Waals surface area contributed by atoms with Crippen LogP contribution >= 0.6 is 11.3 Å². The van der Waals surface area contributed by atoms with E-state index >= 15 is 0 Å². The molecule has 118 valence electrons. The smallest absolute Gasteiger partial charge is 0.251 e. The minimum absolute atomic E-state index is 0.151. The van der Waals surface area contributed by atoms with Gasteiger partial charge in [0.1, 0.15) is 5.60 Å². The monoisotopic (exact) mass is 327 g/mol. The van der Waals surface area contributed by atoms with Crippen molar-refractivity contribution in [1.82, 2.24) is 14.9 Å². The molecular formula is C17H17N3O2S. The molecule has 0 aliphatic rings. The second kappa shape index (κ2) is 6.36. The molecule has 0 radical (unpaired) electrons. The van der Waals surface area contributed by atoms with Crippen LogP contribution in [0.5, 0.6) is 0 Å². The van der Waals surface area contributed by atoms with Crippen molar-refractivity contribution in [3.63, 3.8) is 0 Å². The van der Waals surface area contributed by atoms with Gasteiger partial charge in [0.2, 0.25) is 0 Å². The minimum atomic E-state index is -1.09. The first-order valence-corrected chi connectivity index (χ1v) is 8.12. The van der Waals surface area contributed by atoms with Crippen molar-refractivity contribution in [2.24, 2.45) is 0 Å². The number of benzene rings is 1. The molecule has 3 rings (SSSR count). The lowest BCUT2D eigenvalue weighted by atomic mass is 9.99. The molecule has 0 fully saturated rings. The number of aliphatic hydroxyl groups is 1. The van der Waals surface area contributed by atoms with Gasteiger partial charge >= 0.3 is 0 Å². The number of hydrogen-bond donors (Lipinski definition) is 2. The average Bonchev–Trinajstić information content (AvgIpc) is 3.25. The number of nitrogens with zero attached hydrogens (tertiary/aromatic N) is 2. The molecule has 23 heavy (non-hydrogen) atoms. The van der Waals surface area contributed by atoms with Gasteiger partial charge < -0.3 is 15.0 Å². The Morgan fingerprint density at radius 1 is 1.43 bits per heavy atom. The van der Waals surface area contributed by atoms with Gasteiger partial charge in [-0.2, -0.15) is 11.3 Å². The van der Waals surface area contributed by atoms with Gasteiger partial charge in [0.05, 0.1) is 12.9 Å². The maximum atomic E-state index is 12.3. The highest BCUT2D eigenvalue weighted by molar-refractivity contribution is 7.08. The summed E-state index contributed by atoms with van der Waals surface area (Å²) in [4.78, 5) is 16.3. The lowest BCUT2D eigenvalue weighted by molar-refractivity contribution is 0.0530. The number of thiophene rings is 1. The van der Waals surface area contributed by atoms with Crippen LogP contribution < -0.4 is 5.32 Å². The van der Waals surface area contributed by atoms with E-state index in [2.05, 4.69) is 10.3 Å². The van der Waals surface area contributed by atoms with Crippen molar-refractivity contribution in [2.75, 3.05) is 6.54 Å². The summed E-state index contributed by atoms with van der Waals surface area (Å²) >= 11 is 1.52. The number of rotatable bonds is 5. The molecule has 1 unspecified atom stereocenters. The van der Waals surface area contributed by atoms with E-state index in [1.807, 2.05) is 39.7 Å². The van der Waals surface area contributed by atoms with Crippen LogP contribution in [0, 0.1) is 0 Å². The van der Waals surface area contributed by atoms with E-state index in [1.54, 1.807) is 31.6 Å². The SMILES string of the molecule is CC(O)(CNC(=O)c1cccc(-n2ccnc2)c1)c1ccsc1. The fourth-order valence-electron chi connectivity index (χ4n) is 2.25. The second-order valence-corrected chi connectivity index (χ2v) is 6.27. The third-order valence-corrected chi connectivity index (χ3v) is 4.33. The Labute approximate surface area is 138 Å². The van der Waals surface area contributed by atoms with Gasteiger partial charge in [-0.05, 0) is 47.5 Å². The van der Waals surface area contributed by atoms with Crippen LogP contribution in [0.1, 0.15) is 22.8 Å². The molecule has 2 aromatic heterocycles. The predicted octanol–water partition coefficient (Wildman–Crippen LogP) is 2.57. The number of carbonyl (C=O) groups is 1. The Bertz CT molecular complexity index is 780. The first-order valence-electron chi connectivity index (χ1n) is 7.18. The molecule has 0 saturated heterocycles. The van der Waals surface area contributed by atoms with Gasteiger partial charge in [0.15, 0.2) is 0 Å². The van der Waals surface area contributed by atoms with Crippen molar-refractivity contribution in [3.05, 3.63) is 70.9 Å². The van der Waals surface area contributed by atoms with Crippen LogP contribution in [0.3, 0.4) is 0 Å². The number of aromatic nitrogens is 2. The molecule has 0 spiro atoms. The summed E-state index contributed by atoms with van der Waals surface area (Å²) < 4.78 is 1.83. The fourth-order valence-corrected chi connectivity index (χ4v) is 3.03. The van der Waals surface area contributed by atoms with E-state index < -0.39 is 5.60 Å². The van der Waals surface area contributed by atoms with Gasteiger partial charge in [0, 0.05) is 23.6 Å². The Morgan fingerprint density at radius 3 is 3.00 bits per heavy atom. The summed E-state index contributed by atoms with van der Waals surface area (Å²) in [6.45, 7) is 1.84. The summed E-state index contributed by atoms with van der Waals surface area (Å²) in [5.41, 5.74) is 1.12. The lowest BCUT2D eigenvalue weighted by Crippen LogP contribution is -2.38. The highest BCUT2D eigenvalue weighted by Crippen LogP contribution is 2.22. The van der Waals surface area contributed by atoms with Gasteiger partial charge in [-0.3, -0.25) is 4.79 Å². The van der Waals surface area contributed by atoms with E-state index in [-0.39, 0.29) is 12.5 Å².